The summed E-state index contributed by atoms with van der Waals surface area (Å²) in [5, 5.41) is 2.86. The molecule has 0 aliphatic carbocycles. The van der Waals surface area contributed by atoms with E-state index in [2.05, 4.69) is 5.32 Å². The van der Waals surface area contributed by atoms with Crippen molar-refractivity contribution in [2.75, 3.05) is 31.6 Å². The molecule has 9 heteroatoms. The Morgan fingerprint density at radius 2 is 1.77 bits per heavy atom. The van der Waals surface area contributed by atoms with E-state index in [9.17, 15) is 23.2 Å². The number of carbonyl (C=O) groups is 2. The number of nitrogens with zero attached hydrogens (tertiary/aromatic N) is 2. The number of para-hydroxylation sites is 1. The molecule has 160 valence electrons. The first-order valence-corrected chi connectivity index (χ1v) is 9.68. The van der Waals surface area contributed by atoms with Gasteiger partial charge in [-0.25, -0.2) is 8.78 Å². The molecule has 1 aliphatic rings. The number of carbonyl (C=O) groups excluding carboxylic acids is 2. The van der Waals surface area contributed by atoms with E-state index in [1.807, 2.05) is 0 Å². The monoisotopic (exact) mass is 427 g/mol. The van der Waals surface area contributed by atoms with Gasteiger partial charge >= 0.3 is 0 Å². The van der Waals surface area contributed by atoms with Crippen LogP contribution in [-0.2, 0) is 16.1 Å². The standard InChI is InChI=1S/C22H19F2N3O4/c23-14-5-6-18(17(24)11-14)25-20(28)13-27-19-4-2-1-3-15(19)16(12-21(27)29)22(30)26-7-9-31-10-8-26/h1-6,11-12H,7-10,13H2,(H,25,28). The Kier molecular flexibility index (Phi) is 5.77. The number of hydrogen-bond acceptors (Lipinski definition) is 4. The quantitative estimate of drug-likeness (QED) is 0.694. The first-order valence-electron chi connectivity index (χ1n) is 9.68. The van der Waals surface area contributed by atoms with Crippen molar-refractivity contribution < 1.29 is 23.1 Å². The molecule has 0 radical (unpaired) electrons. The van der Waals surface area contributed by atoms with E-state index >= 15 is 0 Å². The van der Waals surface area contributed by atoms with Crippen molar-refractivity contribution in [3.8, 4) is 0 Å². The Morgan fingerprint density at radius 1 is 1.03 bits per heavy atom. The summed E-state index contributed by atoms with van der Waals surface area (Å²) in [5.74, 6) is -2.62. The number of nitrogens with one attached hydrogen (secondary N) is 1. The zero-order valence-corrected chi connectivity index (χ0v) is 16.4. The molecule has 4 rings (SSSR count). The Balaban J connectivity index is 1.66. The summed E-state index contributed by atoms with van der Waals surface area (Å²) in [6.45, 7) is 1.33. The molecule has 1 aliphatic heterocycles. The van der Waals surface area contributed by atoms with Gasteiger partial charge < -0.3 is 15.0 Å². The number of benzene rings is 2. The average Bonchev–Trinajstić information content (AvgIpc) is 2.77. The third-order valence-corrected chi connectivity index (χ3v) is 5.05. The Bertz CT molecular complexity index is 1220. The van der Waals surface area contributed by atoms with Gasteiger partial charge in [0.25, 0.3) is 11.5 Å². The second-order valence-electron chi connectivity index (χ2n) is 7.08. The van der Waals surface area contributed by atoms with Crippen molar-refractivity contribution in [3.63, 3.8) is 0 Å². The Labute approximate surface area is 175 Å². The van der Waals surface area contributed by atoms with Gasteiger partial charge in [-0.05, 0) is 18.2 Å². The van der Waals surface area contributed by atoms with Crippen molar-refractivity contribution >= 4 is 28.4 Å². The molecule has 31 heavy (non-hydrogen) atoms. The number of rotatable bonds is 4. The number of pyridine rings is 1. The van der Waals surface area contributed by atoms with E-state index in [0.29, 0.717) is 43.3 Å². The second kappa shape index (κ2) is 8.65. The largest absolute Gasteiger partial charge is 0.378 e. The molecular weight excluding hydrogens is 408 g/mol. The van der Waals surface area contributed by atoms with Crippen LogP contribution in [0.4, 0.5) is 14.5 Å². The molecule has 1 N–H and O–H groups in total. The van der Waals surface area contributed by atoms with Crippen LogP contribution in [0, 0.1) is 11.6 Å². The maximum Gasteiger partial charge on any atom is 0.254 e. The minimum absolute atomic E-state index is 0.192. The minimum Gasteiger partial charge on any atom is -0.378 e. The van der Waals surface area contributed by atoms with Gasteiger partial charge in [0.2, 0.25) is 5.91 Å². The molecule has 2 aromatic carbocycles. The number of ether oxygens (including phenoxy) is 1. The zero-order valence-electron chi connectivity index (χ0n) is 16.4. The topological polar surface area (TPSA) is 80.6 Å². The van der Waals surface area contributed by atoms with Gasteiger partial charge in [-0.3, -0.25) is 19.0 Å². The second-order valence-corrected chi connectivity index (χ2v) is 7.08. The van der Waals surface area contributed by atoms with Gasteiger partial charge in [-0.2, -0.15) is 0 Å². The Hall–Kier alpha value is -3.59. The molecule has 1 aromatic heterocycles. The minimum atomic E-state index is -0.919. The fourth-order valence-corrected chi connectivity index (χ4v) is 3.54. The van der Waals surface area contributed by atoms with Crippen molar-refractivity contribution in [1.29, 1.82) is 0 Å². The van der Waals surface area contributed by atoms with Crippen LogP contribution in [0.1, 0.15) is 10.4 Å². The maximum atomic E-state index is 13.8. The van der Waals surface area contributed by atoms with E-state index in [4.69, 9.17) is 4.74 Å². The third-order valence-electron chi connectivity index (χ3n) is 5.05. The summed E-state index contributed by atoms with van der Waals surface area (Å²) < 4.78 is 33.4. The fourth-order valence-electron chi connectivity index (χ4n) is 3.54. The van der Waals surface area contributed by atoms with Crippen LogP contribution in [-0.4, -0.2) is 47.6 Å². The number of morpholine rings is 1. The summed E-state index contributed by atoms with van der Waals surface area (Å²) in [6.07, 6.45) is 0. The predicted octanol–water partition coefficient (Wildman–Crippen LogP) is 2.39. The lowest BCUT2D eigenvalue weighted by Crippen LogP contribution is -2.41. The first-order chi connectivity index (χ1) is 14.9. The first kappa shape index (κ1) is 20.7. The van der Waals surface area contributed by atoms with Gasteiger partial charge in [-0.15, -0.1) is 0 Å². The van der Waals surface area contributed by atoms with Crippen molar-refractivity contribution in [2.24, 2.45) is 0 Å². The Morgan fingerprint density at radius 3 is 2.52 bits per heavy atom. The van der Waals surface area contributed by atoms with Crippen molar-refractivity contribution in [2.45, 2.75) is 6.54 Å². The summed E-state index contributed by atoms with van der Waals surface area (Å²) in [6, 6.07) is 10.8. The van der Waals surface area contributed by atoms with Crippen molar-refractivity contribution in [1.82, 2.24) is 9.47 Å². The number of halogens is 2. The summed E-state index contributed by atoms with van der Waals surface area (Å²) in [4.78, 5) is 39.9. The van der Waals surface area contributed by atoms with Crippen LogP contribution in [0.25, 0.3) is 10.9 Å². The molecule has 1 fully saturated rings. The number of amides is 2. The highest BCUT2D eigenvalue weighted by molar-refractivity contribution is 6.06. The smallest absolute Gasteiger partial charge is 0.254 e. The van der Waals surface area contributed by atoms with Crippen molar-refractivity contribution in [3.05, 3.63) is 76.1 Å². The van der Waals surface area contributed by atoms with Gasteiger partial charge in [-0.1, -0.05) is 18.2 Å². The molecule has 0 saturated carbocycles. The lowest BCUT2D eigenvalue weighted by atomic mass is 10.1. The molecule has 0 bridgehead atoms. The third kappa shape index (κ3) is 4.31. The van der Waals surface area contributed by atoms with E-state index in [-0.39, 0.29) is 17.2 Å². The average molecular weight is 427 g/mol. The highest BCUT2D eigenvalue weighted by Crippen LogP contribution is 2.20. The fraction of sp³-hybridized carbons (Fsp3) is 0.227. The van der Waals surface area contributed by atoms with Gasteiger partial charge in [0.1, 0.15) is 18.2 Å². The lowest BCUT2D eigenvalue weighted by Gasteiger charge is -2.27. The SMILES string of the molecule is O=C(Cn1c(=O)cc(C(=O)N2CCOCC2)c2ccccc21)Nc1ccc(F)cc1F. The zero-order chi connectivity index (χ0) is 22.0. The van der Waals surface area contributed by atoms with Gasteiger partial charge in [0.15, 0.2) is 0 Å². The molecule has 7 nitrogen and oxygen atoms in total. The molecule has 3 aromatic rings. The van der Waals surface area contributed by atoms with Crippen LogP contribution in [0.5, 0.6) is 0 Å². The summed E-state index contributed by atoms with van der Waals surface area (Å²) in [7, 11) is 0. The van der Waals surface area contributed by atoms with Gasteiger partial charge in [0.05, 0.1) is 30.0 Å². The lowest BCUT2D eigenvalue weighted by molar-refractivity contribution is -0.116. The summed E-state index contributed by atoms with van der Waals surface area (Å²) >= 11 is 0. The predicted molar refractivity (Wildman–Crippen MR) is 110 cm³/mol. The molecule has 0 unspecified atom stereocenters. The normalized spacial score (nSPS) is 13.9. The molecule has 0 spiro atoms. The molecule has 0 atom stereocenters. The highest BCUT2D eigenvalue weighted by atomic mass is 19.1. The van der Waals surface area contributed by atoms with E-state index in [1.54, 1.807) is 29.2 Å². The van der Waals surface area contributed by atoms with Crippen LogP contribution in [0.3, 0.4) is 0 Å². The number of aromatic nitrogens is 1. The van der Waals surface area contributed by atoms with E-state index in [0.717, 1.165) is 12.1 Å². The van der Waals surface area contributed by atoms with E-state index < -0.39 is 29.6 Å². The summed E-state index contributed by atoms with van der Waals surface area (Å²) in [5.41, 5.74) is -0.0713. The highest BCUT2D eigenvalue weighted by Gasteiger charge is 2.22. The van der Waals surface area contributed by atoms with Gasteiger partial charge in [0, 0.05) is 30.6 Å². The molecule has 2 amide bonds. The van der Waals surface area contributed by atoms with Crippen LogP contribution >= 0.6 is 0 Å². The molecule has 1 saturated heterocycles. The molecule has 2 heterocycles. The number of anilines is 1. The molecular formula is C22H19F2N3O4. The van der Waals surface area contributed by atoms with E-state index in [1.165, 1.54) is 10.6 Å². The van der Waals surface area contributed by atoms with Crippen LogP contribution < -0.4 is 10.9 Å². The maximum absolute atomic E-state index is 13.8. The number of fused-ring (bicyclic) bond motifs is 1. The van der Waals surface area contributed by atoms with Crippen LogP contribution in [0.15, 0.2) is 53.3 Å². The van der Waals surface area contributed by atoms with Crippen LogP contribution in [0.2, 0.25) is 0 Å². The number of hydrogen-bond donors (Lipinski definition) is 1.